The number of aromatic nitrogens is 2. The zero-order valence-electron chi connectivity index (χ0n) is 12.2. The second-order valence-electron chi connectivity index (χ2n) is 4.63. The summed E-state index contributed by atoms with van der Waals surface area (Å²) >= 11 is 1.62. The monoisotopic (exact) mass is 289 g/mol. The van der Waals surface area contributed by atoms with E-state index in [9.17, 15) is 0 Å². The van der Waals surface area contributed by atoms with Gasteiger partial charge in [-0.1, -0.05) is 25.6 Å². The Morgan fingerprint density at radius 2 is 1.85 bits per heavy atom. The standard InChI is InChI=1S/C15H19N3OS/c1-10(2)15-17-13(16-3)9-14(18-15)20-12-7-5-11(19-4)6-8-12/h5-10H,1-4H3,(H,16,17,18). The predicted octanol–water partition coefficient (Wildman–Crippen LogP) is 3.80. The normalized spacial score (nSPS) is 10.7. The molecule has 4 nitrogen and oxygen atoms in total. The van der Waals surface area contributed by atoms with Gasteiger partial charge in [-0.3, -0.25) is 0 Å². The maximum atomic E-state index is 5.16. The molecule has 0 aliphatic heterocycles. The number of benzene rings is 1. The molecule has 0 aliphatic carbocycles. The van der Waals surface area contributed by atoms with Crippen molar-refractivity contribution in [2.24, 2.45) is 0 Å². The lowest BCUT2D eigenvalue weighted by molar-refractivity contribution is 0.414. The minimum atomic E-state index is 0.304. The molecule has 5 heteroatoms. The highest BCUT2D eigenvalue weighted by Gasteiger charge is 2.08. The number of rotatable bonds is 5. The van der Waals surface area contributed by atoms with Crippen LogP contribution in [0, 0.1) is 0 Å². The minimum Gasteiger partial charge on any atom is -0.497 e. The zero-order chi connectivity index (χ0) is 14.5. The molecule has 0 saturated heterocycles. The summed E-state index contributed by atoms with van der Waals surface area (Å²) in [6, 6.07) is 9.91. The van der Waals surface area contributed by atoms with E-state index in [1.54, 1.807) is 18.9 Å². The Morgan fingerprint density at radius 3 is 2.40 bits per heavy atom. The Labute approximate surface area is 124 Å². The number of hydrogen-bond acceptors (Lipinski definition) is 5. The number of nitrogens with zero attached hydrogens (tertiary/aromatic N) is 2. The lowest BCUT2D eigenvalue weighted by Crippen LogP contribution is -2.02. The third kappa shape index (κ3) is 3.63. The fourth-order valence-corrected chi connectivity index (χ4v) is 2.47. The Bertz CT molecular complexity index is 570. The van der Waals surface area contributed by atoms with Gasteiger partial charge < -0.3 is 10.1 Å². The Hall–Kier alpha value is -1.75. The van der Waals surface area contributed by atoms with Crippen LogP contribution in [-0.4, -0.2) is 24.1 Å². The van der Waals surface area contributed by atoms with Crippen LogP contribution in [0.2, 0.25) is 0 Å². The fraction of sp³-hybridized carbons (Fsp3) is 0.333. The van der Waals surface area contributed by atoms with Crippen LogP contribution >= 0.6 is 11.8 Å². The highest BCUT2D eigenvalue weighted by atomic mass is 32.2. The van der Waals surface area contributed by atoms with E-state index in [2.05, 4.69) is 29.1 Å². The van der Waals surface area contributed by atoms with E-state index in [0.29, 0.717) is 5.92 Å². The van der Waals surface area contributed by atoms with E-state index < -0.39 is 0 Å². The first-order chi connectivity index (χ1) is 9.62. The molecular weight excluding hydrogens is 270 g/mol. The number of methoxy groups -OCH3 is 1. The van der Waals surface area contributed by atoms with Crippen molar-refractivity contribution in [1.82, 2.24) is 9.97 Å². The zero-order valence-corrected chi connectivity index (χ0v) is 13.0. The summed E-state index contributed by atoms with van der Waals surface area (Å²) in [4.78, 5) is 10.2. The summed E-state index contributed by atoms with van der Waals surface area (Å²) in [7, 11) is 3.54. The van der Waals surface area contributed by atoms with E-state index in [-0.39, 0.29) is 0 Å². The third-order valence-corrected chi connectivity index (χ3v) is 3.70. The minimum absolute atomic E-state index is 0.304. The second-order valence-corrected chi connectivity index (χ2v) is 5.73. The van der Waals surface area contributed by atoms with Crippen molar-refractivity contribution in [2.75, 3.05) is 19.5 Å². The van der Waals surface area contributed by atoms with Crippen LogP contribution in [0.3, 0.4) is 0 Å². The Morgan fingerprint density at radius 1 is 1.15 bits per heavy atom. The molecule has 0 radical (unpaired) electrons. The number of anilines is 1. The van der Waals surface area contributed by atoms with E-state index in [4.69, 9.17) is 4.74 Å². The van der Waals surface area contributed by atoms with Crippen LogP contribution < -0.4 is 10.1 Å². The van der Waals surface area contributed by atoms with Gasteiger partial charge in [0, 0.05) is 23.9 Å². The maximum absolute atomic E-state index is 5.16. The number of ether oxygens (including phenoxy) is 1. The van der Waals surface area contributed by atoms with E-state index in [1.807, 2.05) is 37.4 Å². The fourth-order valence-electron chi connectivity index (χ4n) is 1.65. The number of hydrogen-bond donors (Lipinski definition) is 1. The van der Waals surface area contributed by atoms with Gasteiger partial charge >= 0.3 is 0 Å². The van der Waals surface area contributed by atoms with Crippen LogP contribution in [0.1, 0.15) is 25.6 Å². The van der Waals surface area contributed by atoms with Crippen molar-refractivity contribution in [3.8, 4) is 5.75 Å². The molecule has 0 bridgehead atoms. The molecule has 2 aromatic rings. The quantitative estimate of drug-likeness (QED) is 0.848. The van der Waals surface area contributed by atoms with Crippen molar-refractivity contribution in [1.29, 1.82) is 0 Å². The molecule has 0 atom stereocenters. The molecule has 20 heavy (non-hydrogen) atoms. The van der Waals surface area contributed by atoms with Gasteiger partial charge in [0.2, 0.25) is 0 Å². The van der Waals surface area contributed by atoms with Crippen LogP contribution in [0.4, 0.5) is 5.82 Å². The van der Waals surface area contributed by atoms with Gasteiger partial charge in [-0.25, -0.2) is 9.97 Å². The molecule has 0 fully saturated rings. The molecule has 1 N–H and O–H groups in total. The lowest BCUT2D eigenvalue weighted by atomic mass is 10.2. The molecule has 106 valence electrons. The largest absolute Gasteiger partial charge is 0.497 e. The Kier molecular flexibility index (Phi) is 4.84. The van der Waals surface area contributed by atoms with Crippen LogP contribution in [-0.2, 0) is 0 Å². The lowest BCUT2D eigenvalue weighted by Gasteiger charge is -2.09. The smallest absolute Gasteiger partial charge is 0.134 e. The van der Waals surface area contributed by atoms with Gasteiger partial charge in [-0.2, -0.15) is 0 Å². The van der Waals surface area contributed by atoms with Crippen molar-refractivity contribution in [3.63, 3.8) is 0 Å². The van der Waals surface area contributed by atoms with Crippen molar-refractivity contribution >= 4 is 17.6 Å². The first-order valence-electron chi connectivity index (χ1n) is 6.51. The van der Waals surface area contributed by atoms with Gasteiger partial charge in [-0.05, 0) is 24.3 Å². The summed E-state index contributed by atoms with van der Waals surface area (Å²) in [6.07, 6.45) is 0. The molecule has 0 unspecified atom stereocenters. The molecule has 1 heterocycles. The summed E-state index contributed by atoms with van der Waals surface area (Å²) in [5.74, 6) is 2.86. The van der Waals surface area contributed by atoms with Gasteiger partial charge in [0.15, 0.2) is 0 Å². The van der Waals surface area contributed by atoms with Gasteiger partial charge in [-0.15, -0.1) is 0 Å². The average Bonchev–Trinajstić information content (AvgIpc) is 2.47. The molecule has 0 amide bonds. The van der Waals surface area contributed by atoms with Crippen molar-refractivity contribution in [2.45, 2.75) is 29.7 Å². The SMILES string of the molecule is CNc1cc(Sc2ccc(OC)cc2)nc(C(C)C)n1. The third-order valence-electron chi connectivity index (χ3n) is 2.77. The highest BCUT2D eigenvalue weighted by molar-refractivity contribution is 7.99. The average molecular weight is 289 g/mol. The Balaban J connectivity index is 2.24. The van der Waals surface area contributed by atoms with Crippen LogP contribution in [0.5, 0.6) is 5.75 Å². The highest BCUT2D eigenvalue weighted by Crippen LogP contribution is 2.29. The van der Waals surface area contributed by atoms with Gasteiger partial charge in [0.25, 0.3) is 0 Å². The second kappa shape index (κ2) is 6.61. The topological polar surface area (TPSA) is 47.0 Å². The van der Waals surface area contributed by atoms with Crippen LogP contribution in [0.15, 0.2) is 40.3 Å². The number of nitrogens with one attached hydrogen (secondary N) is 1. The van der Waals surface area contributed by atoms with E-state index >= 15 is 0 Å². The molecule has 0 aliphatic rings. The first-order valence-corrected chi connectivity index (χ1v) is 7.32. The molecular formula is C15H19N3OS. The summed E-state index contributed by atoms with van der Waals surface area (Å²) in [5, 5.41) is 4.03. The first kappa shape index (κ1) is 14.7. The summed E-state index contributed by atoms with van der Waals surface area (Å²) in [5.41, 5.74) is 0. The summed E-state index contributed by atoms with van der Waals surface area (Å²) < 4.78 is 5.16. The molecule has 1 aromatic carbocycles. The van der Waals surface area contributed by atoms with E-state index in [1.165, 1.54) is 0 Å². The predicted molar refractivity (Wildman–Crippen MR) is 82.8 cm³/mol. The molecule has 1 aromatic heterocycles. The summed E-state index contributed by atoms with van der Waals surface area (Å²) in [6.45, 7) is 4.19. The van der Waals surface area contributed by atoms with Crippen LogP contribution in [0.25, 0.3) is 0 Å². The van der Waals surface area contributed by atoms with Crippen molar-refractivity contribution < 1.29 is 4.74 Å². The molecule has 0 saturated carbocycles. The molecule has 2 rings (SSSR count). The van der Waals surface area contributed by atoms with Gasteiger partial charge in [0.05, 0.1) is 7.11 Å². The van der Waals surface area contributed by atoms with E-state index in [0.717, 1.165) is 27.3 Å². The maximum Gasteiger partial charge on any atom is 0.134 e. The van der Waals surface area contributed by atoms with Crippen molar-refractivity contribution in [3.05, 3.63) is 36.2 Å². The molecule has 0 spiro atoms. The van der Waals surface area contributed by atoms with Gasteiger partial charge in [0.1, 0.15) is 22.4 Å².